The van der Waals surface area contributed by atoms with E-state index in [1.54, 1.807) is 71.6 Å². The third-order valence-electron chi connectivity index (χ3n) is 5.18. The van der Waals surface area contributed by atoms with Gasteiger partial charge in [-0.3, -0.25) is 14.4 Å². The molecular formula is C26H25NO3. The SMILES string of the molecule is CCN(CC)C(=O)Cc1c(C(=O)c2ccccc2)cccc1C(=O)c1ccccc1. The predicted molar refractivity (Wildman–Crippen MR) is 118 cm³/mol. The van der Waals surface area contributed by atoms with Gasteiger partial charge >= 0.3 is 0 Å². The van der Waals surface area contributed by atoms with Crippen LogP contribution in [0.5, 0.6) is 0 Å². The van der Waals surface area contributed by atoms with Gasteiger partial charge in [0.25, 0.3) is 0 Å². The van der Waals surface area contributed by atoms with Crippen molar-refractivity contribution in [2.24, 2.45) is 0 Å². The van der Waals surface area contributed by atoms with Crippen LogP contribution in [0.25, 0.3) is 0 Å². The normalized spacial score (nSPS) is 10.5. The first kappa shape index (κ1) is 21.2. The number of carbonyl (C=O) groups is 3. The van der Waals surface area contributed by atoms with E-state index in [1.165, 1.54) is 0 Å². The molecule has 0 unspecified atom stereocenters. The molecule has 1 amide bonds. The lowest BCUT2D eigenvalue weighted by Gasteiger charge is -2.21. The van der Waals surface area contributed by atoms with Crippen LogP contribution in [0, 0.1) is 0 Å². The molecule has 0 fully saturated rings. The number of rotatable bonds is 8. The first-order valence-corrected chi connectivity index (χ1v) is 10.2. The molecular weight excluding hydrogens is 374 g/mol. The number of benzene rings is 3. The molecule has 0 aliphatic heterocycles. The highest BCUT2D eigenvalue weighted by molar-refractivity contribution is 6.15. The molecule has 0 spiro atoms. The summed E-state index contributed by atoms with van der Waals surface area (Å²) >= 11 is 0. The highest BCUT2D eigenvalue weighted by Gasteiger charge is 2.24. The summed E-state index contributed by atoms with van der Waals surface area (Å²) in [6.07, 6.45) is 0.00430. The van der Waals surface area contributed by atoms with E-state index in [-0.39, 0.29) is 23.9 Å². The molecule has 3 aromatic carbocycles. The van der Waals surface area contributed by atoms with Crippen molar-refractivity contribution in [3.05, 3.63) is 107 Å². The molecule has 3 aromatic rings. The smallest absolute Gasteiger partial charge is 0.227 e. The fourth-order valence-electron chi connectivity index (χ4n) is 3.53. The Morgan fingerprint density at radius 1 is 0.633 bits per heavy atom. The van der Waals surface area contributed by atoms with Gasteiger partial charge in [-0.1, -0.05) is 78.9 Å². The lowest BCUT2D eigenvalue weighted by molar-refractivity contribution is -0.130. The Morgan fingerprint density at radius 3 is 1.47 bits per heavy atom. The maximum atomic E-state index is 13.2. The molecule has 0 atom stereocenters. The molecule has 0 radical (unpaired) electrons. The number of likely N-dealkylation sites (N-methyl/N-ethyl adjacent to an activating group) is 1. The Kier molecular flexibility index (Phi) is 6.91. The molecule has 0 bridgehead atoms. The minimum atomic E-state index is -0.194. The van der Waals surface area contributed by atoms with Crippen molar-refractivity contribution in [3.63, 3.8) is 0 Å². The van der Waals surface area contributed by atoms with Crippen LogP contribution in [-0.2, 0) is 11.2 Å². The second kappa shape index (κ2) is 9.79. The summed E-state index contributed by atoms with van der Waals surface area (Å²) in [6, 6.07) is 22.9. The molecule has 4 nitrogen and oxygen atoms in total. The molecule has 30 heavy (non-hydrogen) atoms. The first-order valence-electron chi connectivity index (χ1n) is 10.2. The van der Waals surface area contributed by atoms with Crippen LogP contribution in [0.1, 0.15) is 51.3 Å². The van der Waals surface area contributed by atoms with Gasteiger partial charge in [-0.05, 0) is 19.4 Å². The Labute approximate surface area is 177 Å². The van der Waals surface area contributed by atoms with Gasteiger partial charge in [0.15, 0.2) is 11.6 Å². The highest BCUT2D eigenvalue weighted by Crippen LogP contribution is 2.23. The first-order chi connectivity index (χ1) is 14.6. The zero-order chi connectivity index (χ0) is 21.5. The zero-order valence-corrected chi connectivity index (χ0v) is 17.3. The lowest BCUT2D eigenvalue weighted by atomic mass is 9.89. The van der Waals surface area contributed by atoms with Crippen LogP contribution in [0.4, 0.5) is 0 Å². The maximum Gasteiger partial charge on any atom is 0.227 e. The summed E-state index contributed by atoms with van der Waals surface area (Å²) in [5.74, 6) is -0.489. The largest absolute Gasteiger partial charge is 0.343 e. The van der Waals surface area contributed by atoms with Crippen LogP contribution < -0.4 is 0 Å². The Balaban J connectivity index is 2.11. The summed E-state index contributed by atoms with van der Waals surface area (Å²) < 4.78 is 0. The van der Waals surface area contributed by atoms with E-state index in [9.17, 15) is 14.4 Å². The van der Waals surface area contributed by atoms with Crippen molar-refractivity contribution in [3.8, 4) is 0 Å². The topological polar surface area (TPSA) is 54.5 Å². The molecule has 4 heteroatoms. The Hall–Kier alpha value is -3.53. The van der Waals surface area contributed by atoms with Gasteiger partial charge in [-0.2, -0.15) is 0 Å². The van der Waals surface area contributed by atoms with Gasteiger partial charge in [0.1, 0.15) is 0 Å². The van der Waals surface area contributed by atoms with Crippen molar-refractivity contribution < 1.29 is 14.4 Å². The van der Waals surface area contributed by atoms with E-state index in [0.29, 0.717) is 40.9 Å². The molecule has 0 aromatic heterocycles. The zero-order valence-electron chi connectivity index (χ0n) is 17.3. The molecule has 0 saturated carbocycles. The molecule has 0 saturated heterocycles. The standard InChI is InChI=1S/C26H25NO3/c1-3-27(4-2)24(28)18-23-21(25(29)19-12-7-5-8-13-19)16-11-17-22(23)26(30)20-14-9-6-10-15-20/h5-17H,3-4,18H2,1-2H3. The summed E-state index contributed by atoms with van der Waals surface area (Å²) in [4.78, 5) is 41.1. The van der Waals surface area contributed by atoms with Crippen molar-refractivity contribution in [2.75, 3.05) is 13.1 Å². The van der Waals surface area contributed by atoms with E-state index in [2.05, 4.69) is 0 Å². The Morgan fingerprint density at radius 2 is 1.07 bits per heavy atom. The molecule has 152 valence electrons. The van der Waals surface area contributed by atoms with E-state index < -0.39 is 0 Å². The predicted octanol–water partition coefficient (Wildman–Crippen LogP) is 4.56. The van der Waals surface area contributed by atoms with Crippen LogP contribution in [-0.4, -0.2) is 35.5 Å². The quantitative estimate of drug-likeness (QED) is 0.522. The molecule has 0 N–H and O–H groups in total. The number of hydrogen-bond donors (Lipinski definition) is 0. The summed E-state index contributed by atoms with van der Waals surface area (Å²) in [5, 5.41) is 0. The molecule has 0 aliphatic carbocycles. The van der Waals surface area contributed by atoms with E-state index in [1.807, 2.05) is 26.0 Å². The molecule has 0 heterocycles. The second-order valence-electron chi connectivity index (χ2n) is 6.96. The van der Waals surface area contributed by atoms with E-state index >= 15 is 0 Å². The molecule has 0 aliphatic rings. The highest BCUT2D eigenvalue weighted by atomic mass is 16.2. The average Bonchev–Trinajstić information content (AvgIpc) is 2.80. The number of ketones is 2. The van der Waals surface area contributed by atoms with Gasteiger partial charge in [0.2, 0.25) is 5.91 Å². The third-order valence-corrected chi connectivity index (χ3v) is 5.18. The van der Waals surface area contributed by atoms with Crippen molar-refractivity contribution in [1.29, 1.82) is 0 Å². The number of amides is 1. The lowest BCUT2D eigenvalue weighted by Crippen LogP contribution is -2.32. The number of nitrogens with zero attached hydrogens (tertiary/aromatic N) is 1. The Bertz CT molecular complexity index is 969. The fourth-order valence-corrected chi connectivity index (χ4v) is 3.53. The minimum absolute atomic E-state index is 0.00430. The number of hydrogen-bond acceptors (Lipinski definition) is 3. The number of carbonyl (C=O) groups excluding carboxylic acids is 3. The average molecular weight is 399 g/mol. The van der Waals surface area contributed by atoms with Crippen LogP contribution >= 0.6 is 0 Å². The van der Waals surface area contributed by atoms with E-state index in [0.717, 1.165) is 0 Å². The fraction of sp³-hybridized carbons (Fsp3) is 0.192. The maximum absolute atomic E-state index is 13.2. The van der Waals surface area contributed by atoms with Gasteiger partial charge in [-0.25, -0.2) is 0 Å². The van der Waals surface area contributed by atoms with Gasteiger partial charge < -0.3 is 4.90 Å². The van der Waals surface area contributed by atoms with Crippen LogP contribution in [0.3, 0.4) is 0 Å². The summed E-state index contributed by atoms with van der Waals surface area (Å²) in [7, 11) is 0. The van der Waals surface area contributed by atoms with Gasteiger partial charge in [0.05, 0.1) is 6.42 Å². The second-order valence-corrected chi connectivity index (χ2v) is 6.96. The van der Waals surface area contributed by atoms with E-state index in [4.69, 9.17) is 0 Å². The summed E-state index contributed by atoms with van der Waals surface area (Å²) in [6.45, 7) is 4.98. The van der Waals surface area contributed by atoms with Gasteiger partial charge in [-0.15, -0.1) is 0 Å². The van der Waals surface area contributed by atoms with Crippen molar-refractivity contribution in [1.82, 2.24) is 4.90 Å². The van der Waals surface area contributed by atoms with Gasteiger partial charge in [0, 0.05) is 35.3 Å². The third kappa shape index (κ3) is 4.54. The monoisotopic (exact) mass is 399 g/mol. The van der Waals surface area contributed by atoms with Crippen molar-refractivity contribution in [2.45, 2.75) is 20.3 Å². The summed E-state index contributed by atoms with van der Waals surface area (Å²) in [5.41, 5.74) is 2.32. The van der Waals surface area contributed by atoms with Crippen LogP contribution in [0.15, 0.2) is 78.9 Å². The minimum Gasteiger partial charge on any atom is -0.343 e. The van der Waals surface area contributed by atoms with Crippen molar-refractivity contribution >= 4 is 17.5 Å². The molecule has 3 rings (SSSR count). The van der Waals surface area contributed by atoms with Crippen LogP contribution in [0.2, 0.25) is 0 Å².